The molecule has 2 amide bonds. The first kappa shape index (κ1) is 20.8. The molecule has 5 rings (SSSR count). The van der Waals surface area contributed by atoms with Crippen LogP contribution in [0.1, 0.15) is 10.5 Å². The molecule has 32 heavy (non-hydrogen) atoms. The molecule has 2 saturated heterocycles. The summed E-state index contributed by atoms with van der Waals surface area (Å²) in [6.45, 7) is 0.889. The maximum Gasteiger partial charge on any atom is 0.278 e. The van der Waals surface area contributed by atoms with Crippen molar-refractivity contribution in [3.05, 3.63) is 64.3 Å². The number of aromatic nitrogens is 2. The van der Waals surface area contributed by atoms with Crippen molar-refractivity contribution in [2.24, 2.45) is 0 Å². The second-order valence-electron chi connectivity index (χ2n) is 7.97. The van der Waals surface area contributed by atoms with E-state index in [9.17, 15) is 14.7 Å². The predicted molar refractivity (Wildman–Crippen MR) is 120 cm³/mol. The molecule has 2 aromatic carbocycles. The maximum atomic E-state index is 13.3. The smallest absolute Gasteiger partial charge is 0.278 e. The van der Waals surface area contributed by atoms with E-state index in [1.807, 2.05) is 11.9 Å². The molecule has 2 aliphatic rings. The number of nitrogens with zero attached hydrogens (tertiary/aromatic N) is 4. The van der Waals surface area contributed by atoms with Crippen LogP contribution in [-0.2, 0) is 4.79 Å². The summed E-state index contributed by atoms with van der Waals surface area (Å²) >= 11 is 12.4. The second kappa shape index (κ2) is 7.51. The van der Waals surface area contributed by atoms with E-state index in [4.69, 9.17) is 23.2 Å². The number of likely N-dealkylation sites (tertiary alicyclic amines) is 1. The van der Waals surface area contributed by atoms with Gasteiger partial charge in [0.2, 0.25) is 5.91 Å². The van der Waals surface area contributed by atoms with Gasteiger partial charge in [-0.2, -0.15) is 5.10 Å². The summed E-state index contributed by atoms with van der Waals surface area (Å²) in [6, 6.07) is 13.9. The lowest BCUT2D eigenvalue weighted by Gasteiger charge is -2.48. The summed E-state index contributed by atoms with van der Waals surface area (Å²) in [6.07, 6.45) is 0. The Hall–Kier alpha value is -3.07. The van der Waals surface area contributed by atoms with E-state index >= 15 is 0 Å². The Bertz CT molecular complexity index is 1230. The van der Waals surface area contributed by atoms with E-state index in [0.29, 0.717) is 33.7 Å². The van der Waals surface area contributed by atoms with E-state index in [-0.39, 0.29) is 30.4 Å². The molecule has 0 radical (unpaired) electrons. The number of benzene rings is 2. The highest BCUT2D eigenvalue weighted by molar-refractivity contribution is 6.32. The van der Waals surface area contributed by atoms with Gasteiger partial charge in [0.15, 0.2) is 11.4 Å². The quantitative estimate of drug-likeness (QED) is 0.612. The lowest BCUT2D eigenvalue weighted by molar-refractivity contribution is -0.133. The molecule has 10 heteroatoms. The standard InChI is InChI=1S/C22H19Cl2N5O3/c1-27-12-25-21(32)22(27)10-28(11-22)20(31)17-19(30)18(13-6-8-14(23)9-7-13)29(26-17)16-5-3-2-4-15(16)24/h2-9,30H,10-12H2,1H3,(H,25,32). The summed E-state index contributed by atoms with van der Waals surface area (Å²) in [5, 5.41) is 19.3. The Morgan fingerprint density at radius 3 is 2.44 bits per heavy atom. The number of carbonyl (C=O) groups is 2. The number of likely N-dealkylation sites (N-methyl/N-ethyl adjacent to an activating group) is 1. The molecule has 164 valence electrons. The summed E-state index contributed by atoms with van der Waals surface area (Å²) in [5.41, 5.74) is 0.627. The van der Waals surface area contributed by atoms with Crippen LogP contribution in [-0.4, -0.2) is 68.8 Å². The zero-order valence-electron chi connectivity index (χ0n) is 17.0. The Morgan fingerprint density at radius 2 is 1.81 bits per heavy atom. The average Bonchev–Trinajstić information content (AvgIpc) is 3.24. The molecule has 3 heterocycles. The molecule has 0 aliphatic carbocycles. The van der Waals surface area contributed by atoms with Gasteiger partial charge < -0.3 is 15.3 Å². The van der Waals surface area contributed by atoms with Crippen molar-refractivity contribution in [2.75, 3.05) is 26.8 Å². The van der Waals surface area contributed by atoms with Crippen molar-refractivity contribution in [3.63, 3.8) is 0 Å². The summed E-state index contributed by atoms with van der Waals surface area (Å²) in [5.74, 6) is -0.818. The SMILES string of the molecule is CN1CNC(=O)C12CN(C(=O)c1nn(-c3ccccc3Cl)c(-c3ccc(Cl)cc3)c1O)C2. The maximum absolute atomic E-state index is 13.3. The van der Waals surface area contributed by atoms with Crippen LogP contribution in [0.5, 0.6) is 5.75 Å². The topological polar surface area (TPSA) is 90.7 Å². The number of rotatable bonds is 3. The molecule has 1 spiro atoms. The van der Waals surface area contributed by atoms with Gasteiger partial charge in [0, 0.05) is 10.6 Å². The minimum Gasteiger partial charge on any atom is -0.504 e. The van der Waals surface area contributed by atoms with Gasteiger partial charge in [-0.25, -0.2) is 4.68 Å². The Labute approximate surface area is 193 Å². The average molecular weight is 472 g/mol. The Balaban J connectivity index is 1.56. The second-order valence-corrected chi connectivity index (χ2v) is 8.81. The van der Waals surface area contributed by atoms with Crippen molar-refractivity contribution in [2.45, 2.75) is 5.54 Å². The van der Waals surface area contributed by atoms with Crippen LogP contribution in [0.25, 0.3) is 16.9 Å². The lowest BCUT2D eigenvalue weighted by atomic mass is 9.88. The first-order valence-corrected chi connectivity index (χ1v) is 10.7. The highest BCUT2D eigenvalue weighted by Crippen LogP contribution is 2.39. The first-order valence-electron chi connectivity index (χ1n) is 9.93. The van der Waals surface area contributed by atoms with Gasteiger partial charge in [0.1, 0.15) is 11.2 Å². The van der Waals surface area contributed by atoms with Gasteiger partial charge in [-0.15, -0.1) is 0 Å². The van der Waals surface area contributed by atoms with Crippen LogP contribution >= 0.6 is 23.2 Å². The fraction of sp³-hybridized carbons (Fsp3) is 0.227. The minimum atomic E-state index is -0.727. The van der Waals surface area contributed by atoms with Crippen LogP contribution in [0, 0.1) is 0 Å². The summed E-state index contributed by atoms with van der Waals surface area (Å²) in [7, 11) is 1.84. The van der Waals surface area contributed by atoms with Crippen molar-refractivity contribution in [3.8, 4) is 22.7 Å². The van der Waals surface area contributed by atoms with Gasteiger partial charge in [-0.1, -0.05) is 47.5 Å². The molecule has 0 saturated carbocycles. The minimum absolute atomic E-state index is 0.100. The van der Waals surface area contributed by atoms with E-state index in [1.165, 1.54) is 9.58 Å². The first-order chi connectivity index (χ1) is 15.3. The van der Waals surface area contributed by atoms with E-state index in [2.05, 4.69) is 10.4 Å². The van der Waals surface area contributed by atoms with Crippen molar-refractivity contribution in [1.29, 1.82) is 0 Å². The normalized spacial score (nSPS) is 17.5. The van der Waals surface area contributed by atoms with Crippen LogP contribution in [0.2, 0.25) is 10.0 Å². The van der Waals surface area contributed by atoms with Crippen LogP contribution in [0.4, 0.5) is 0 Å². The number of halogens is 2. The number of carbonyl (C=O) groups excluding carboxylic acids is 2. The van der Waals surface area contributed by atoms with E-state index < -0.39 is 11.4 Å². The molecule has 0 bridgehead atoms. The number of amides is 2. The molecular formula is C22H19Cl2N5O3. The Morgan fingerprint density at radius 1 is 1.12 bits per heavy atom. The molecule has 2 N–H and O–H groups in total. The fourth-order valence-corrected chi connectivity index (χ4v) is 4.50. The fourth-order valence-electron chi connectivity index (χ4n) is 4.16. The van der Waals surface area contributed by atoms with Crippen LogP contribution < -0.4 is 5.32 Å². The van der Waals surface area contributed by atoms with Gasteiger partial charge >= 0.3 is 0 Å². The molecule has 3 aromatic rings. The monoisotopic (exact) mass is 471 g/mol. The number of hydrogen-bond donors (Lipinski definition) is 2. The van der Waals surface area contributed by atoms with Gasteiger partial charge in [0.25, 0.3) is 5.91 Å². The molecule has 0 atom stereocenters. The van der Waals surface area contributed by atoms with E-state index in [1.54, 1.807) is 48.5 Å². The number of hydrogen-bond acceptors (Lipinski definition) is 5. The van der Waals surface area contributed by atoms with Crippen molar-refractivity contribution in [1.82, 2.24) is 24.9 Å². The Kier molecular flexibility index (Phi) is 4.88. The zero-order valence-corrected chi connectivity index (χ0v) is 18.6. The largest absolute Gasteiger partial charge is 0.504 e. The molecule has 0 unspecified atom stereocenters. The lowest BCUT2D eigenvalue weighted by Crippen LogP contribution is -2.71. The van der Waals surface area contributed by atoms with Gasteiger partial charge in [-0.3, -0.25) is 14.5 Å². The third-order valence-electron chi connectivity index (χ3n) is 6.08. The van der Waals surface area contributed by atoms with Gasteiger partial charge in [-0.05, 0) is 31.3 Å². The summed E-state index contributed by atoms with van der Waals surface area (Å²) < 4.78 is 1.46. The number of para-hydroxylation sites is 1. The predicted octanol–water partition coefficient (Wildman–Crippen LogP) is 2.77. The third kappa shape index (κ3) is 3.06. The third-order valence-corrected chi connectivity index (χ3v) is 6.66. The van der Waals surface area contributed by atoms with Gasteiger partial charge in [0.05, 0.1) is 30.5 Å². The highest BCUT2D eigenvalue weighted by atomic mass is 35.5. The number of nitrogens with one attached hydrogen (secondary N) is 1. The number of aromatic hydroxyl groups is 1. The summed E-state index contributed by atoms with van der Waals surface area (Å²) in [4.78, 5) is 28.9. The van der Waals surface area contributed by atoms with Crippen LogP contribution in [0.15, 0.2) is 48.5 Å². The van der Waals surface area contributed by atoms with Crippen molar-refractivity contribution < 1.29 is 14.7 Å². The van der Waals surface area contributed by atoms with E-state index in [0.717, 1.165) is 0 Å². The molecule has 2 fully saturated rings. The van der Waals surface area contributed by atoms with Crippen molar-refractivity contribution >= 4 is 35.0 Å². The highest BCUT2D eigenvalue weighted by Gasteiger charge is 2.57. The molecule has 1 aromatic heterocycles. The molecule has 2 aliphatic heterocycles. The van der Waals surface area contributed by atoms with Crippen LogP contribution in [0.3, 0.4) is 0 Å². The molecular weight excluding hydrogens is 453 g/mol. The molecule has 8 nitrogen and oxygen atoms in total. The zero-order chi connectivity index (χ0) is 22.6.